The molecule has 0 amide bonds. The second kappa shape index (κ2) is 33.3. The van der Waals surface area contributed by atoms with E-state index in [2.05, 4.69) is 83.6 Å². The topological polar surface area (TPSA) is 34.1 Å². The maximum atomic E-state index is 16.0. The van der Waals surface area contributed by atoms with Gasteiger partial charge in [-0.25, -0.2) is 0 Å². The molecule has 4 fully saturated rings. The van der Waals surface area contributed by atoms with Crippen LogP contribution >= 0.6 is 45.8 Å². The highest BCUT2D eigenvalue weighted by Crippen LogP contribution is 2.66. The summed E-state index contributed by atoms with van der Waals surface area (Å²) >= 11 is 7.92. The van der Waals surface area contributed by atoms with Crippen molar-refractivity contribution in [2.45, 2.75) is 303 Å². The van der Waals surface area contributed by atoms with Crippen LogP contribution in [-0.4, -0.2) is 11.6 Å². The molecule has 438 valence electrons. The van der Waals surface area contributed by atoms with E-state index in [0.29, 0.717) is 52.3 Å². The molecule has 4 saturated carbocycles. The van der Waals surface area contributed by atoms with Crippen LogP contribution in [0.4, 0.5) is 0 Å². The number of Topliss-reactive ketones (excluding diaryl/α,β-unsaturated/α-hetero) is 2. The number of hydrogen-bond donors (Lipinski definition) is 0. The number of fused-ring (bicyclic) bond motifs is 6. The number of allylic oxidation sites excluding steroid dienone is 2. The lowest BCUT2D eigenvalue weighted by molar-refractivity contribution is -0.139. The van der Waals surface area contributed by atoms with Crippen molar-refractivity contribution in [2.24, 2.45) is 65.1 Å². The number of thiophene rings is 3. The first-order chi connectivity index (χ1) is 38.2. The van der Waals surface area contributed by atoms with Gasteiger partial charge in [-0.3, -0.25) is 9.59 Å². The van der Waals surface area contributed by atoms with E-state index in [1.54, 1.807) is 0 Å². The molecule has 0 spiro atoms. The molecule has 3 aromatic rings. The maximum Gasteiger partial charge on any atom is 0.144 e. The van der Waals surface area contributed by atoms with Gasteiger partial charge in [0.1, 0.15) is 11.6 Å². The normalized spacial score (nSPS) is 27.7. The molecule has 0 N–H and O–H groups in total. The largest absolute Gasteiger partial charge is 0.299 e. The van der Waals surface area contributed by atoms with Gasteiger partial charge in [-0.05, 0) is 135 Å². The minimum atomic E-state index is 0.0590. The summed E-state index contributed by atoms with van der Waals surface area (Å²) in [7, 11) is 0. The van der Waals surface area contributed by atoms with E-state index >= 15 is 9.59 Å². The average molecular weight is 1140 g/mol. The molecule has 0 saturated heterocycles. The molecule has 5 aliphatic rings. The lowest BCUT2D eigenvalue weighted by Gasteiger charge is -2.53. The summed E-state index contributed by atoms with van der Waals surface area (Å²) in [5, 5.41) is 0.440. The highest BCUT2D eigenvalue weighted by Gasteiger charge is 2.63. The summed E-state index contributed by atoms with van der Waals surface area (Å²) in [6, 6.07) is 9.48. The smallest absolute Gasteiger partial charge is 0.144 e. The van der Waals surface area contributed by atoms with Crippen LogP contribution in [-0.2, 0) is 9.59 Å². The molecule has 8 rings (SSSR count). The van der Waals surface area contributed by atoms with Crippen LogP contribution in [0, 0.1) is 78.9 Å². The van der Waals surface area contributed by atoms with Gasteiger partial charge in [0.15, 0.2) is 0 Å². The van der Waals surface area contributed by atoms with Crippen LogP contribution in [0.15, 0.2) is 35.2 Å². The first-order valence-electron chi connectivity index (χ1n) is 34.2. The van der Waals surface area contributed by atoms with Gasteiger partial charge < -0.3 is 0 Å². The molecule has 78 heavy (non-hydrogen) atoms. The molecule has 4 aliphatic carbocycles. The molecular weight excluding hydrogens is 1030 g/mol. The van der Waals surface area contributed by atoms with Gasteiger partial charge in [0.2, 0.25) is 0 Å². The van der Waals surface area contributed by atoms with Crippen LogP contribution < -0.4 is 0 Å². The Bertz CT molecular complexity index is 2190. The molecule has 13 unspecified atom stereocenters. The minimum Gasteiger partial charge on any atom is -0.299 e. The predicted octanol–water partition coefficient (Wildman–Crippen LogP) is 24.4. The lowest BCUT2D eigenvalue weighted by atomic mass is 9.50. The Labute approximate surface area is 495 Å². The van der Waals surface area contributed by atoms with E-state index in [-0.39, 0.29) is 23.7 Å². The first kappa shape index (κ1) is 62.8. The highest BCUT2D eigenvalue weighted by atomic mass is 32.2. The van der Waals surface area contributed by atoms with Gasteiger partial charge in [0, 0.05) is 51.9 Å². The van der Waals surface area contributed by atoms with Crippen molar-refractivity contribution in [3.8, 4) is 0 Å². The van der Waals surface area contributed by atoms with Gasteiger partial charge in [0.05, 0.1) is 5.92 Å². The predicted molar refractivity (Wildman–Crippen MR) is 346 cm³/mol. The van der Waals surface area contributed by atoms with Crippen molar-refractivity contribution in [3.05, 3.63) is 54.8 Å². The number of aryl methyl sites for hydroxylation is 2. The van der Waals surface area contributed by atoms with E-state index in [4.69, 9.17) is 0 Å². The molecule has 1 aliphatic heterocycles. The Morgan fingerprint density at radius 1 is 0.436 bits per heavy atom. The van der Waals surface area contributed by atoms with Gasteiger partial charge in [-0.2, -0.15) is 0 Å². The Hall–Kier alpha value is -1.21. The highest BCUT2D eigenvalue weighted by molar-refractivity contribution is 8.03. The van der Waals surface area contributed by atoms with Crippen molar-refractivity contribution < 1.29 is 9.59 Å². The molecule has 0 bridgehead atoms. The number of unbranched alkanes of at least 4 members (excludes halogenated alkanes) is 24. The zero-order chi connectivity index (χ0) is 54.6. The molecule has 13 atom stereocenters. The fraction of sp³-hybridized carbons (Fsp3) is 0.806. The number of carbonyl (C=O) groups excluding carboxylic acids is 2. The van der Waals surface area contributed by atoms with Crippen molar-refractivity contribution in [1.29, 1.82) is 0 Å². The van der Waals surface area contributed by atoms with Crippen molar-refractivity contribution in [2.75, 3.05) is 0 Å². The van der Waals surface area contributed by atoms with E-state index in [0.717, 1.165) is 31.1 Å². The second-order valence-corrected chi connectivity index (χ2v) is 32.1. The van der Waals surface area contributed by atoms with E-state index in [1.807, 2.05) is 34.0 Å². The third-order valence-electron chi connectivity index (χ3n) is 21.2. The van der Waals surface area contributed by atoms with E-state index < -0.39 is 0 Å². The summed E-state index contributed by atoms with van der Waals surface area (Å²) in [6.07, 6.45) is 54.9. The minimum absolute atomic E-state index is 0.0590. The fourth-order valence-electron chi connectivity index (χ4n) is 17.1. The summed E-state index contributed by atoms with van der Waals surface area (Å²) < 4.78 is 2.88. The Balaban J connectivity index is 1.06. The lowest BCUT2D eigenvalue weighted by Crippen LogP contribution is -2.50. The summed E-state index contributed by atoms with van der Waals surface area (Å²) in [5.41, 5.74) is 0. The van der Waals surface area contributed by atoms with Gasteiger partial charge in [-0.1, -0.05) is 239 Å². The number of hydrogen-bond acceptors (Lipinski definition) is 6. The van der Waals surface area contributed by atoms with Crippen LogP contribution in [0.25, 0.3) is 9.40 Å². The molecule has 0 radical (unpaired) electrons. The van der Waals surface area contributed by atoms with E-state index in [1.165, 1.54) is 265 Å². The van der Waals surface area contributed by atoms with Crippen LogP contribution in [0.5, 0.6) is 0 Å². The average Bonchev–Trinajstić information content (AvgIpc) is 4.28. The van der Waals surface area contributed by atoms with Gasteiger partial charge in [-0.15, -0.1) is 45.8 Å². The molecule has 4 heterocycles. The summed E-state index contributed by atoms with van der Waals surface area (Å²) in [4.78, 5) is 38.8. The molecule has 2 nitrogen and oxygen atoms in total. The zero-order valence-corrected chi connectivity index (χ0v) is 54.2. The number of rotatable bonds is 39. The molecular formula is C72H114O2S4. The summed E-state index contributed by atoms with van der Waals surface area (Å²) in [5.74, 6) is 5.96. The standard InChI is InChI=1S/C72H114O2S4/c1-7-11-15-19-23-25-29-33-37-53(35-31-27-21-17-13-9-3)44-55-46-60-59(69-57(55)48-61(71(69)73)63-40-39-51(5)75-63)47-56(45-54(36-32-28-22-18-14-10-4)38-34-30-26-24-20-16-12-8-2)58-49-62(72(74)70(58)60)64-41-42-65(77-64)67-50-68-66(78-67)43-52(6)76-68/h39-41,43,50,53-62,65,69-70H,7-38,42,44-49H2,1-6H3. The monoisotopic (exact) mass is 1140 g/mol. The Kier molecular flexibility index (Phi) is 26.8. The fourth-order valence-corrected chi connectivity index (χ4v) is 22.0. The first-order valence-corrected chi connectivity index (χ1v) is 37.5. The maximum absolute atomic E-state index is 16.0. The van der Waals surface area contributed by atoms with Gasteiger partial charge in [0.25, 0.3) is 0 Å². The van der Waals surface area contributed by atoms with Crippen molar-refractivity contribution in [3.63, 3.8) is 0 Å². The third kappa shape index (κ3) is 17.4. The van der Waals surface area contributed by atoms with Crippen molar-refractivity contribution >= 4 is 66.7 Å². The van der Waals surface area contributed by atoms with Crippen LogP contribution in [0.1, 0.15) is 309 Å². The zero-order valence-electron chi connectivity index (χ0n) is 50.9. The Morgan fingerprint density at radius 2 is 0.859 bits per heavy atom. The van der Waals surface area contributed by atoms with Crippen LogP contribution in [0.3, 0.4) is 0 Å². The SMILES string of the molecule is CCCCCCCCCCC(CCCCCCCC)CC1CC2C(CC(CC(CCCCCCCC)CCCCCCCCCC)C3CC(c4ccc(C)s4)C(=O)C32)C2C(=O)C(C3=CCC(c4cc5sc(C)cc5s4)S3)CC12. The van der Waals surface area contributed by atoms with Crippen molar-refractivity contribution in [1.82, 2.24) is 0 Å². The molecule has 3 aromatic heterocycles. The number of ketones is 2. The third-order valence-corrected chi connectivity index (χ3v) is 26.2. The second-order valence-electron chi connectivity index (χ2n) is 27.1. The quantitative estimate of drug-likeness (QED) is 0.0534. The molecule has 6 heteroatoms. The molecule has 0 aromatic carbocycles. The summed E-state index contributed by atoms with van der Waals surface area (Å²) in [6.45, 7) is 13.8. The van der Waals surface area contributed by atoms with Gasteiger partial charge >= 0.3 is 0 Å². The number of carbonyl (C=O) groups is 2. The van der Waals surface area contributed by atoms with Crippen LogP contribution in [0.2, 0.25) is 0 Å². The number of thioether (sulfide) groups is 1. The Morgan fingerprint density at radius 3 is 1.29 bits per heavy atom. The van der Waals surface area contributed by atoms with E-state index in [9.17, 15) is 0 Å².